The lowest BCUT2D eigenvalue weighted by molar-refractivity contribution is -0.282. The molecule has 0 aliphatic rings. The van der Waals surface area contributed by atoms with Gasteiger partial charge in [-0.1, -0.05) is 23.4 Å². The van der Waals surface area contributed by atoms with Crippen LogP contribution in [0.15, 0.2) is 17.0 Å². The van der Waals surface area contributed by atoms with Gasteiger partial charge < -0.3 is 5.73 Å². The number of nitrogens with two attached hydrogens (primary N) is 1. The van der Waals surface area contributed by atoms with E-state index in [4.69, 9.17) is 17.3 Å². The van der Waals surface area contributed by atoms with Crippen molar-refractivity contribution in [2.24, 2.45) is 0 Å². The SMILES string of the molecule is Nc1c(Cl)cc(C(F)(C(F)(F)F)C(F)(F)Br)cc1SC(F)F. The van der Waals surface area contributed by atoms with Crippen LogP contribution >= 0.6 is 39.3 Å². The van der Waals surface area contributed by atoms with Gasteiger partial charge in [-0.3, -0.25) is 0 Å². The van der Waals surface area contributed by atoms with Gasteiger partial charge in [0.05, 0.1) is 10.7 Å². The lowest BCUT2D eigenvalue weighted by Crippen LogP contribution is -2.49. The molecule has 1 rings (SSSR count). The Balaban J connectivity index is 3.62. The van der Waals surface area contributed by atoms with Crippen LogP contribution in [0.2, 0.25) is 5.02 Å². The van der Waals surface area contributed by atoms with Crippen LogP contribution in [0, 0.1) is 0 Å². The fraction of sp³-hybridized carbons (Fsp3) is 0.400. The first kappa shape index (κ1) is 19.6. The van der Waals surface area contributed by atoms with Gasteiger partial charge in [0.1, 0.15) is 0 Å². The number of thioether (sulfide) groups is 1. The number of benzene rings is 1. The minimum absolute atomic E-state index is 0.167. The standard InChI is InChI=1S/C10H5BrClF8NS/c11-9(16,17)8(15,10(18,19)20)3-1-4(12)6(21)5(2-3)22-7(13)14/h1-2,7H,21H2. The average molecular weight is 439 g/mol. The number of hydrogen-bond donors (Lipinski definition) is 1. The predicted molar refractivity (Wildman–Crippen MR) is 70.4 cm³/mol. The Morgan fingerprint density at radius 2 is 1.59 bits per heavy atom. The Labute approximate surface area is 136 Å². The van der Waals surface area contributed by atoms with Crippen LogP contribution in [0.4, 0.5) is 40.8 Å². The molecule has 0 amide bonds. The molecule has 0 aromatic heterocycles. The van der Waals surface area contributed by atoms with Gasteiger partial charge in [-0.25, -0.2) is 4.39 Å². The molecule has 1 nitrogen and oxygen atoms in total. The van der Waals surface area contributed by atoms with Gasteiger partial charge in [-0.15, -0.1) is 0 Å². The quantitative estimate of drug-likeness (QED) is 0.272. The molecule has 0 saturated heterocycles. The maximum atomic E-state index is 14.1. The van der Waals surface area contributed by atoms with Gasteiger partial charge in [0.25, 0.3) is 5.76 Å². The van der Waals surface area contributed by atoms with Crippen LogP contribution in [0.5, 0.6) is 0 Å². The van der Waals surface area contributed by atoms with Crippen molar-refractivity contribution in [3.63, 3.8) is 0 Å². The Morgan fingerprint density at radius 3 is 1.95 bits per heavy atom. The van der Waals surface area contributed by atoms with Gasteiger partial charge in [0.15, 0.2) is 0 Å². The van der Waals surface area contributed by atoms with E-state index in [1.165, 1.54) is 15.9 Å². The van der Waals surface area contributed by atoms with E-state index in [1.54, 1.807) is 0 Å². The largest absolute Gasteiger partial charge is 0.433 e. The monoisotopic (exact) mass is 437 g/mol. The fourth-order valence-corrected chi connectivity index (χ4v) is 2.83. The summed E-state index contributed by atoms with van der Waals surface area (Å²) < 4.78 is 104. The van der Waals surface area contributed by atoms with Crippen molar-refractivity contribution in [1.82, 2.24) is 0 Å². The number of anilines is 1. The third-order valence-corrected chi connectivity index (χ3v) is 4.12. The maximum absolute atomic E-state index is 14.1. The molecule has 1 atom stereocenters. The predicted octanol–water partition coefficient (Wildman–Crippen LogP) is 5.95. The van der Waals surface area contributed by atoms with Crippen molar-refractivity contribution in [3.05, 3.63) is 22.7 Å². The first-order chi connectivity index (χ1) is 9.71. The second-order valence-corrected chi connectivity index (χ2v) is 6.34. The first-order valence-electron chi connectivity index (χ1n) is 5.08. The molecule has 0 spiro atoms. The highest BCUT2D eigenvalue weighted by molar-refractivity contribution is 9.10. The average Bonchev–Trinajstić information content (AvgIpc) is 2.30. The molecule has 0 heterocycles. The number of hydrogen-bond acceptors (Lipinski definition) is 2. The summed E-state index contributed by atoms with van der Waals surface area (Å²) in [5, 5.41) is -0.760. The normalized spacial score (nSPS) is 16.0. The second-order valence-electron chi connectivity index (χ2n) is 3.90. The molecule has 12 heteroatoms. The van der Waals surface area contributed by atoms with Crippen LogP contribution < -0.4 is 5.73 Å². The first-order valence-corrected chi connectivity index (χ1v) is 7.13. The van der Waals surface area contributed by atoms with E-state index in [0.29, 0.717) is 0 Å². The lowest BCUT2D eigenvalue weighted by atomic mass is 9.95. The van der Waals surface area contributed by atoms with E-state index in [2.05, 4.69) is 0 Å². The van der Waals surface area contributed by atoms with E-state index < -0.39 is 43.6 Å². The fourth-order valence-electron chi connectivity index (χ4n) is 1.47. The Morgan fingerprint density at radius 1 is 1.09 bits per heavy atom. The molecular formula is C10H5BrClF8NS. The van der Waals surface area contributed by atoms with Crippen molar-refractivity contribution in [1.29, 1.82) is 0 Å². The smallest absolute Gasteiger partial charge is 0.397 e. The summed E-state index contributed by atoms with van der Waals surface area (Å²) in [6, 6.07) is 0.385. The van der Waals surface area contributed by atoms with E-state index in [-0.39, 0.29) is 23.9 Å². The van der Waals surface area contributed by atoms with Crippen molar-refractivity contribution in [2.45, 2.75) is 27.3 Å². The highest BCUT2D eigenvalue weighted by Gasteiger charge is 2.71. The van der Waals surface area contributed by atoms with Crippen LogP contribution in [0.1, 0.15) is 5.56 Å². The zero-order chi connectivity index (χ0) is 17.5. The molecular weight excluding hydrogens is 434 g/mol. The van der Waals surface area contributed by atoms with Crippen molar-refractivity contribution in [2.75, 3.05) is 5.73 Å². The zero-order valence-electron chi connectivity index (χ0n) is 10.00. The van der Waals surface area contributed by atoms with Crippen molar-refractivity contribution >= 4 is 45.0 Å². The van der Waals surface area contributed by atoms with Crippen LogP contribution in [0.25, 0.3) is 0 Å². The molecule has 0 aliphatic carbocycles. The molecule has 0 fully saturated rings. The number of nitrogen functional groups attached to an aromatic ring is 1. The van der Waals surface area contributed by atoms with Gasteiger partial charge in [0.2, 0.25) is 0 Å². The maximum Gasteiger partial charge on any atom is 0.433 e. The summed E-state index contributed by atoms with van der Waals surface area (Å²) in [5.41, 5.74) is -2.13. The topological polar surface area (TPSA) is 26.0 Å². The third-order valence-electron chi connectivity index (χ3n) is 2.49. The molecule has 1 unspecified atom stereocenters. The van der Waals surface area contributed by atoms with E-state index in [0.717, 1.165) is 0 Å². The molecule has 0 bridgehead atoms. The highest BCUT2D eigenvalue weighted by atomic mass is 79.9. The lowest BCUT2D eigenvalue weighted by Gasteiger charge is -2.32. The Kier molecular flexibility index (Phi) is 5.56. The van der Waals surface area contributed by atoms with Gasteiger partial charge in [0, 0.05) is 10.5 Å². The summed E-state index contributed by atoms with van der Waals surface area (Å²) >= 11 is 6.42. The van der Waals surface area contributed by atoms with Gasteiger partial charge in [-0.05, 0) is 28.1 Å². The molecule has 1 aromatic rings. The summed E-state index contributed by atoms with van der Waals surface area (Å²) in [4.78, 5) is -5.81. The van der Waals surface area contributed by atoms with E-state index in [1.807, 2.05) is 0 Å². The number of rotatable bonds is 4. The molecule has 0 radical (unpaired) electrons. The molecule has 126 valence electrons. The second kappa shape index (κ2) is 6.23. The van der Waals surface area contributed by atoms with E-state index in [9.17, 15) is 35.1 Å². The number of halogens is 10. The van der Waals surface area contributed by atoms with Gasteiger partial charge >= 0.3 is 16.7 Å². The van der Waals surface area contributed by atoms with Crippen LogP contribution in [-0.2, 0) is 5.67 Å². The molecule has 0 saturated carbocycles. The van der Waals surface area contributed by atoms with Crippen LogP contribution in [0.3, 0.4) is 0 Å². The molecule has 22 heavy (non-hydrogen) atoms. The summed E-state index contributed by atoms with van der Waals surface area (Å²) in [7, 11) is 0. The van der Waals surface area contributed by atoms with Crippen molar-refractivity contribution in [3.8, 4) is 0 Å². The molecule has 2 N–H and O–H groups in total. The number of alkyl halides is 9. The highest BCUT2D eigenvalue weighted by Crippen LogP contribution is 2.56. The van der Waals surface area contributed by atoms with E-state index >= 15 is 0 Å². The summed E-state index contributed by atoms with van der Waals surface area (Å²) in [6.07, 6.45) is -6.05. The summed E-state index contributed by atoms with van der Waals surface area (Å²) in [6.45, 7) is 0. The molecule has 0 aliphatic heterocycles. The Hall–Kier alpha value is -0.420. The Bertz CT molecular complexity index is 545. The zero-order valence-corrected chi connectivity index (χ0v) is 13.2. The minimum Gasteiger partial charge on any atom is -0.397 e. The third kappa shape index (κ3) is 3.56. The molecule has 1 aromatic carbocycles. The van der Waals surface area contributed by atoms with Gasteiger partial charge in [-0.2, -0.15) is 30.7 Å². The van der Waals surface area contributed by atoms with Crippen LogP contribution in [-0.4, -0.2) is 16.8 Å². The summed E-state index contributed by atoms with van der Waals surface area (Å²) in [5.74, 6) is -3.13. The minimum atomic E-state index is -6.05. The van der Waals surface area contributed by atoms with Crippen molar-refractivity contribution < 1.29 is 35.1 Å².